The maximum Gasteiger partial charge on any atom is 0.474 e. The summed E-state index contributed by atoms with van der Waals surface area (Å²) in [5.74, 6) is -8.37. The van der Waals surface area contributed by atoms with Crippen molar-refractivity contribution < 1.29 is 166 Å². The first kappa shape index (κ1) is 68.0. The van der Waals surface area contributed by atoms with Crippen LogP contribution in [-0.2, 0) is 89.7 Å². The third-order valence-electron chi connectivity index (χ3n) is 13.7. The Balaban J connectivity index is 1.36. The molecule has 40 heteroatoms. The number of carbonyl (C=O) groups is 7. The zero-order valence-electron chi connectivity index (χ0n) is 44.2. The fourth-order valence-corrected chi connectivity index (χ4v) is 10.3. The Hall–Kier alpha value is -5.12. The van der Waals surface area contributed by atoms with Crippen LogP contribution in [0.15, 0.2) is 23.6 Å². The number of phosphoric acid groups is 1. The molecule has 0 bridgehead atoms. The van der Waals surface area contributed by atoms with Crippen LogP contribution in [0.5, 0.6) is 0 Å². The van der Waals surface area contributed by atoms with Crippen LogP contribution in [0.1, 0.15) is 27.7 Å². The lowest BCUT2D eigenvalue weighted by molar-refractivity contribution is -0.375. The van der Waals surface area contributed by atoms with Crippen molar-refractivity contribution in [1.82, 2.24) is 16.0 Å². The van der Waals surface area contributed by atoms with Gasteiger partial charge < -0.3 is 146 Å². The highest BCUT2D eigenvalue weighted by Gasteiger charge is 2.62. The molecular weight excluding hydrogens is 1170 g/mol. The summed E-state index contributed by atoms with van der Waals surface area (Å²) in [6, 6.07) is -3.99. The van der Waals surface area contributed by atoms with Crippen molar-refractivity contribution in [2.75, 3.05) is 19.8 Å². The Morgan fingerprint density at radius 1 is 0.726 bits per heavy atom. The summed E-state index contributed by atoms with van der Waals surface area (Å²) in [4.78, 5) is 98.3. The Labute approximate surface area is 472 Å². The van der Waals surface area contributed by atoms with Crippen LogP contribution in [0, 0.1) is 0 Å². The smallest absolute Gasteiger partial charge is 0.474 e. The lowest BCUT2D eigenvalue weighted by Gasteiger charge is -2.52. The van der Waals surface area contributed by atoms with Gasteiger partial charge in [-0.2, -0.15) is 0 Å². The SMILES string of the molecule is CC(=O)N[C@H]1[C@H](O[C@H]2[C@H](O)[C@@H](NC(C)=O)[C@H](O[C@H]3[C@@H](OP(=O)(O)OC[C@@H](O)C(=O)O)O[C@H](C(N)=O)[C@@](C)(O)[C@@H]3OC(N)=O)O[C@@H]2CO[C@@H]2O[C@H](CO)[C@@H](O)[C@H](O)[C@H]2O)O[C@H](C)[C@@H](O[C@@H]2O[C@H](C(=O)NC3=C(O)C=CC3=O)[C@H](O)[C@H](O)[C@H]2O)[C@@H]1O. The van der Waals surface area contributed by atoms with E-state index >= 15 is 0 Å². The Morgan fingerprint density at radius 3 is 1.82 bits per heavy atom. The summed E-state index contributed by atoms with van der Waals surface area (Å²) in [6.45, 7) is 0.253. The Kier molecular flexibility index (Phi) is 22.4. The zero-order chi connectivity index (χ0) is 62.8. The van der Waals surface area contributed by atoms with E-state index in [0.717, 1.165) is 32.9 Å². The highest BCUT2D eigenvalue weighted by atomic mass is 31.2. The van der Waals surface area contributed by atoms with Gasteiger partial charge in [-0.1, -0.05) is 0 Å². The van der Waals surface area contributed by atoms with Gasteiger partial charge in [0.1, 0.15) is 102 Å². The molecule has 0 aromatic rings. The number of amides is 5. The van der Waals surface area contributed by atoms with Crippen molar-refractivity contribution >= 4 is 49.3 Å². The van der Waals surface area contributed by atoms with Gasteiger partial charge >= 0.3 is 19.9 Å². The van der Waals surface area contributed by atoms with Crippen LogP contribution < -0.4 is 27.4 Å². The number of primary amides is 2. The van der Waals surface area contributed by atoms with Crippen LogP contribution in [0.25, 0.3) is 0 Å². The van der Waals surface area contributed by atoms with Crippen LogP contribution in [0.2, 0.25) is 0 Å². The third-order valence-corrected chi connectivity index (χ3v) is 14.7. The Bertz CT molecular complexity index is 2530. The molecule has 0 spiro atoms. The van der Waals surface area contributed by atoms with Crippen LogP contribution >= 0.6 is 7.82 Å². The molecular formula is C44H66N5O34P. The van der Waals surface area contributed by atoms with Gasteiger partial charge in [0, 0.05) is 13.8 Å². The van der Waals surface area contributed by atoms with Crippen molar-refractivity contribution in [1.29, 1.82) is 0 Å². The van der Waals surface area contributed by atoms with Gasteiger partial charge in [-0.15, -0.1) is 0 Å². The number of rotatable bonds is 22. The molecule has 5 fully saturated rings. The average molecular weight is 1240 g/mol. The summed E-state index contributed by atoms with van der Waals surface area (Å²) in [6.07, 6.45) is -49.6. The predicted octanol–water partition coefficient (Wildman–Crippen LogP) is -11.0. The quantitative estimate of drug-likeness (QED) is 0.0448. The molecule has 5 aliphatic heterocycles. The molecule has 0 aromatic carbocycles. The maximum absolute atomic E-state index is 13.3. The van der Waals surface area contributed by atoms with E-state index in [4.69, 9.17) is 68.5 Å². The number of carbonyl (C=O) groups excluding carboxylic acids is 6. The molecule has 1 unspecified atom stereocenters. The molecule has 6 aliphatic rings. The molecule has 1 aliphatic carbocycles. The molecule has 476 valence electrons. The molecule has 5 amide bonds. The minimum Gasteiger partial charge on any atom is -0.506 e. The lowest BCUT2D eigenvalue weighted by Crippen LogP contribution is -2.72. The van der Waals surface area contributed by atoms with Crippen LogP contribution in [-0.4, -0.2) is 292 Å². The molecule has 5 saturated heterocycles. The second-order valence-electron chi connectivity index (χ2n) is 20.0. The summed E-state index contributed by atoms with van der Waals surface area (Å²) in [5, 5.41) is 146. The van der Waals surface area contributed by atoms with Crippen molar-refractivity contribution in [3.05, 3.63) is 23.6 Å². The monoisotopic (exact) mass is 1240 g/mol. The molecule has 39 nitrogen and oxygen atoms in total. The summed E-state index contributed by atoms with van der Waals surface area (Å²) in [5.41, 5.74) is 7.22. The normalized spacial score (nSPS) is 41.8. The largest absolute Gasteiger partial charge is 0.506 e. The second kappa shape index (κ2) is 27.7. The van der Waals surface area contributed by atoms with E-state index in [1.807, 2.05) is 5.32 Å². The zero-order valence-corrected chi connectivity index (χ0v) is 45.1. The fourth-order valence-electron chi connectivity index (χ4n) is 9.50. The molecule has 0 radical (unpaired) electrons. The summed E-state index contributed by atoms with van der Waals surface area (Å²) >= 11 is 0. The maximum atomic E-state index is 13.3. The minimum atomic E-state index is -5.79. The van der Waals surface area contributed by atoms with E-state index < -0.39 is 240 Å². The van der Waals surface area contributed by atoms with Gasteiger partial charge in [-0.25, -0.2) is 14.2 Å². The topological polar surface area (TPSA) is 619 Å². The van der Waals surface area contributed by atoms with E-state index in [-0.39, 0.29) is 0 Å². The molecule has 84 heavy (non-hydrogen) atoms. The van der Waals surface area contributed by atoms with Gasteiger partial charge in [0.25, 0.3) is 5.91 Å². The van der Waals surface area contributed by atoms with E-state index in [0.29, 0.717) is 0 Å². The van der Waals surface area contributed by atoms with Gasteiger partial charge in [0.2, 0.25) is 23.5 Å². The number of carboxylic acid groups (broad SMARTS) is 1. The van der Waals surface area contributed by atoms with Gasteiger partial charge in [-0.3, -0.25) is 33.0 Å². The highest BCUT2D eigenvalue weighted by molar-refractivity contribution is 7.47. The number of aliphatic carboxylic acids is 1. The first-order chi connectivity index (χ1) is 39.1. The molecule has 0 saturated carbocycles. The average Bonchev–Trinajstić information content (AvgIpc) is 2.20. The number of allylic oxidation sites excluding steroid dienone is 2. The van der Waals surface area contributed by atoms with Gasteiger partial charge in [-0.05, 0) is 26.0 Å². The number of carboxylic acids is 1. The predicted molar refractivity (Wildman–Crippen MR) is 257 cm³/mol. The molecule has 21 N–H and O–H groups in total. The van der Waals surface area contributed by atoms with Crippen molar-refractivity contribution in [2.24, 2.45) is 11.5 Å². The second-order valence-corrected chi connectivity index (χ2v) is 21.4. The van der Waals surface area contributed by atoms with E-state index in [1.165, 1.54) is 6.92 Å². The van der Waals surface area contributed by atoms with Crippen LogP contribution in [0.4, 0.5) is 4.79 Å². The first-order valence-electron chi connectivity index (χ1n) is 25.1. The Morgan fingerprint density at radius 2 is 1.27 bits per heavy atom. The number of nitrogens with two attached hydrogens (primary N) is 2. The summed E-state index contributed by atoms with van der Waals surface area (Å²) < 4.78 is 80.5. The molecule has 6 rings (SSSR count). The third kappa shape index (κ3) is 15.3. The lowest BCUT2D eigenvalue weighted by atomic mass is 9.85. The minimum absolute atomic E-state index is 0.637. The van der Waals surface area contributed by atoms with E-state index in [2.05, 4.69) is 15.2 Å². The van der Waals surface area contributed by atoms with Crippen molar-refractivity contribution in [3.63, 3.8) is 0 Å². The standard InChI is InChI=1S/C44H66N5O34P/c1-10-29(77-41-28(63)25(60)26(61)31(79-41)36(65)49-18-13(53)5-6-14(18)54)22(57)19(47-11(2)51)38(74-10)78-30-17(9-72-40-27(62)24(59)21(56)16(7-50)75-40)76-39(20(23(30)58)48-12(3)52)80-32-33(82-43(46)68)44(4,69)34(35(45)64)81-42(32)83-84(70,71)73-8-15(55)37(66)67/h5-6,10,15-17,19-34,38-42,50,55-63,69H,7-9H2,1-4H3,(H2,45,64)(H2,46,68)(H,47,51)(H,48,52)(H,66,67)(H,70,71)(H2,49,53,54,65)/t10-,15-,16-,17-,19-,20-,21-,22-,23-,24+,25+,26-,27-,28-,29-,30-,31+,32-,33-,34-,38+,39+,40-,41-,42-,44+/m1/s1. The van der Waals surface area contributed by atoms with E-state index in [9.17, 15) is 104 Å². The molecule has 27 atom stereocenters. The highest BCUT2D eigenvalue weighted by Crippen LogP contribution is 2.49. The number of aliphatic hydroxyl groups excluding tert-OH is 11. The number of ether oxygens (including phenoxy) is 10. The first-order valence-corrected chi connectivity index (χ1v) is 26.6. The molecule has 0 aromatic heterocycles. The summed E-state index contributed by atoms with van der Waals surface area (Å²) in [7, 11) is -5.79. The number of ketones is 1. The number of hydrogen-bond donors (Lipinski definition) is 19. The molecule has 5 heterocycles. The van der Waals surface area contributed by atoms with Gasteiger partial charge in [0.05, 0.1) is 25.9 Å². The van der Waals surface area contributed by atoms with Gasteiger partial charge in [0.15, 0.2) is 62.0 Å². The van der Waals surface area contributed by atoms with E-state index in [1.54, 1.807) is 0 Å². The van der Waals surface area contributed by atoms with Crippen LogP contribution in [0.3, 0.4) is 0 Å². The van der Waals surface area contributed by atoms with Crippen molar-refractivity contribution in [3.8, 4) is 0 Å². The number of nitrogens with one attached hydrogen (secondary N) is 3. The number of hydrogen-bond acceptors (Lipinski definition) is 32. The van der Waals surface area contributed by atoms with Crippen molar-refractivity contribution in [2.45, 2.75) is 187 Å². The number of aliphatic hydroxyl groups is 12. The number of phosphoric ester groups is 1. The fraction of sp³-hybridized carbons (Fsp3) is 0.750.